The number of aromatic nitrogens is 1. The van der Waals surface area contributed by atoms with Crippen LogP contribution in [-0.2, 0) is 17.8 Å². The van der Waals surface area contributed by atoms with Gasteiger partial charge in [-0.25, -0.2) is 4.98 Å². The molecule has 0 bridgehead atoms. The molecule has 2 aromatic carbocycles. The van der Waals surface area contributed by atoms with Gasteiger partial charge in [0, 0.05) is 43.7 Å². The van der Waals surface area contributed by atoms with Crippen molar-refractivity contribution < 1.29 is 4.79 Å². The minimum atomic E-state index is 0.203. The quantitative estimate of drug-likeness (QED) is 0.626. The number of aryl methyl sites for hydroxylation is 1. The maximum atomic E-state index is 12.6. The van der Waals surface area contributed by atoms with Gasteiger partial charge in [0.15, 0.2) is 0 Å². The number of amides is 1. The van der Waals surface area contributed by atoms with Gasteiger partial charge in [-0.05, 0) is 24.6 Å². The van der Waals surface area contributed by atoms with Crippen LogP contribution >= 0.6 is 11.6 Å². The summed E-state index contributed by atoms with van der Waals surface area (Å²) in [6.45, 7) is 6.02. The van der Waals surface area contributed by atoms with Gasteiger partial charge in [0.2, 0.25) is 5.91 Å². The van der Waals surface area contributed by atoms with Crippen molar-refractivity contribution in [2.45, 2.75) is 19.9 Å². The van der Waals surface area contributed by atoms with Crippen molar-refractivity contribution in [2.75, 3.05) is 26.2 Å². The summed E-state index contributed by atoms with van der Waals surface area (Å²) in [7, 11) is 0. The highest BCUT2D eigenvalue weighted by molar-refractivity contribution is 6.30. The van der Waals surface area contributed by atoms with Crippen molar-refractivity contribution in [3.63, 3.8) is 0 Å². The summed E-state index contributed by atoms with van der Waals surface area (Å²) in [5.41, 5.74) is 4.25. The van der Waals surface area contributed by atoms with Gasteiger partial charge in [0.05, 0.1) is 11.9 Å². The predicted molar refractivity (Wildman–Crippen MR) is 113 cm³/mol. The molecule has 1 saturated heterocycles. The van der Waals surface area contributed by atoms with E-state index in [4.69, 9.17) is 11.6 Å². The Hall–Kier alpha value is -2.43. The summed E-state index contributed by atoms with van der Waals surface area (Å²) >= 11 is 6.40. The van der Waals surface area contributed by atoms with Crippen LogP contribution in [-0.4, -0.2) is 46.9 Å². The van der Waals surface area contributed by atoms with Crippen molar-refractivity contribution in [1.82, 2.24) is 14.8 Å². The minimum Gasteiger partial charge on any atom is -0.340 e. The third-order valence-corrected chi connectivity index (χ3v) is 5.67. The summed E-state index contributed by atoms with van der Waals surface area (Å²) in [5, 5.41) is 1.67. The lowest BCUT2D eigenvalue weighted by Gasteiger charge is -2.35. The first-order valence-electron chi connectivity index (χ1n) is 9.68. The van der Waals surface area contributed by atoms with Gasteiger partial charge < -0.3 is 4.90 Å². The van der Waals surface area contributed by atoms with E-state index in [2.05, 4.69) is 41.1 Å². The summed E-state index contributed by atoms with van der Waals surface area (Å²) in [6.07, 6.45) is 0.473. The fraction of sp³-hybridized carbons (Fsp3) is 0.304. The molecule has 1 amide bonds. The first-order valence-corrected chi connectivity index (χ1v) is 10.1. The Kier molecular flexibility index (Phi) is 5.60. The number of nitrogens with zero attached hydrogens (tertiary/aromatic N) is 3. The molecule has 0 aliphatic carbocycles. The van der Waals surface area contributed by atoms with Crippen LogP contribution < -0.4 is 0 Å². The Balaban J connectivity index is 1.34. The molecule has 4 nitrogen and oxygen atoms in total. The number of carbonyl (C=O) groups excluding carboxylic acids is 1. The van der Waals surface area contributed by atoms with E-state index in [-0.39, 0.29) is 5.91 Å². The van der Waals surface area contributed by atoms with Gasteiger partial charge >= 0.3 is 0 Å². The maximum Gasteiger partial charge on any atom is 0.227 e. The Morgan fingerprint density at radius 2 is 1.75 bits per heavy atom. The Bertz CT molecular complexity index is 979. The summed E-state index contributed by atoms with van der Waals surface area (Å²) in [6, 6.07) is 18.3. The zero-order chi connectivity index (χ0) is 19.5. The number of benzene rings is 2. The van der Waals surface area contributed by atoms with Gasteiger partial charge in [0.1, 0.15) is 5.15 Å². The van der Waals surface area contributed by atoms with Gasteiger partial charge in [-0.3, -0.25) is 9.69 Å². The first-order chi connectivity index (χ1) is 13.6. The van der Waals surface area contributed by atoms with Crippen molar-refractivity contribution in [1.29, 1.82) is 0 Å². The van der Waals surface area contributed by atoms with E-state index in [0.717, 1.165) is 54.8 Å². The molecule has 1 aliphatic rings. The molecule has 144 valence electrons. The van der Waals surface area contributed by atoms with E-state index in [1.165, 1.54) is 5.56 Å². The first kappa shape index (κ1) is 18.9. The van der Waals surface area contributed by atoms with Crippen LogP contribution in [0.5, 0.6) is 0 Å². The SMILES string of the molecule is Cc1ccc(CC(=O)N2CCN(Cc3cc4ccccc4nc3Cl)CC2)cc1. The standard InChI is InChI=1S/C23H24ClN3O/c1-17-6-8-18(9-7-17)14-22(28)27-12-10-26(11-13-27)16-20-15-19-4-2-3-5-21(19)25-23(20)24/h2-9,15H,10-14,16H2,1H3. The minimum absolute atomic E-state index is 0.203. The molecule has 3 aromatic rings. The molecule has 0 atom stereocenters. The van der Waals surface area contributed by atoms with Crippen LogP contribution in [0.15, 0.2) is 54.6 Å². The topological polar surface area (TPSA) is 36.4 Å². The van der Waals surface area contributed by atoms with Gasteiger partial charge in [0.25, 0.3) is 0 Å². The normalized spacial score (nSPS) is 15.1. The average Bonchev–Trinajstić information content (AvgIpc) is 2.71. The molecule has 0 spiro atoms. The molecule has 0 N–H and O–H groups in total. The van der Waals surface area contributed by atoms with Crippen LogP contribution in [0.4, 0.5) is 0 Å². The number of para-hydroxylation sites is 1. The summed E-state index contributed by atoms with van der Waals surface area (Å²) in [5.74, 6) is 0.203. The summed E-state index contributed by atoms with van der Waals surface area (Å²) in [4.78, 5) is 21.4. The molecule has 1 aliphatic heterocycles. The fourth-order valence-corrected chi connectivity index (χ4v) is 3.84. The number of pyridine rings is 1. The van der Waals surface area contributed by atoms with Crippen LogP contribution in [0.1, 0.15) is 16.7 Å². The van der Waals surface area contributed by atoms with E-state index in [0.29, 0.717) is 11.6 Å². The highest BCUT2D eigenvalue weighted by atomic mass is 35.5. The van der Waals surface area contributed by atoms with E-state index in [1.807, 2.05) is 35.2 Å². The Morgan fingerprint density at radius 3 is 2.50 bits per heavy atom. The van der Waals surface area contributed by atoms with Crippen molar-refractivity contribution in [3.05, 3.63) is 76.4 Å². The van der Waals surface area contributed by atoms with Crippen LogP contribution in [0.2, 0.25) is 5.15 Å². The lowest BCUT2D eigenvalue weighted by atomic mass is 10.1. The molecule has 1 fully saturated rings. The predicted octanol–water partition coefficient (Wildman–Crippen LogP) is 4.08. The van der Waals surface area contributed by atoms with Gasteiger partial charge in [-0.2, -0.15) is 0 Å². The fourth-order valence-electron chi connectivity index (χ4n) is 3.64. The van der Waals surface area contributed by atoms with E-state index >= 15 is 0 Å². The highest BCUT2D eigenvalue weighted by Crippen LogP contribution is 2.22. The van der Waals surface area contributed by atoms with E-state index in [9.17, 15) is 4.79 Å². The van der Waals surface area contributed by atoms with E-state index in [1.54, 1.807) is 0 Å². The van der Waals surface area contributed by atoms with Crippen LogP contribution in [0.25, 0.3) is 10.9 Å². The molecule has 2 heterocycles. The zero-order valence-corrected chi connectivity index (χ0v) is 16.8. The van der Waals surface area contributed by atoms with Crippen LogP contribution in [0.3, 0.4) is 0 Å². The third kappa shape index (κ3) is 4.34. The largest absolute Gasteiger partial charge is 0.340 e. The monoisotopic (exact) mass is 393 g/mol. The van der Waals surface area contributed by atoms with Gasteiger partial charge in [-0.15, -0.1) is 0 Å². The zero-order valence-electron chi connectivity index (χ0n) is 16.1. The lowest BCUT2D eigenvalue weighted by molar-refractivity contribution is -0.132. The number of piperazine rings is 1. The second-order valence-electron chi connectivity index (χ2n) is 7.45. The molecule has 0 saturated carbocycles. The maximum absolute atomic E-state index is 12.6. The van der Waals surface area contributed by atoms with Crippen LogP contribution in [0, 0.1) is 6.92 Å². The highest BCUT2D eigenvalue weighted by Gasteiger charge is 2.22. The third-order valence-electron chi connectivity index (χ3n) is 5.34. The lowest BCUT2D eigenvalue weighted by Crippen LogP contribution is -2.48. The number of rotatable bonds is 4. The number of halogens is 1. The molecule has 4 rings (SSSR count). The number of hydrogen-bond donors (Lipinski definition) is 0. The molecule has 28 heavy (non-hydrogen) atoms. The van der Waals surface area contributed by atoms with E-state index < -0.39 is 0 Å². The molecule has 5 heteroatoms. The number of hydrogen-bond acceptors (Lipinski definition) is 3. The average molecular weight is 394 g/mol. The Labute approximate surface area is 170 Å². The second kappa shape index (κ2) is 8.29. The second-order valence-corrected chi connectivity index (χ2v) is 7.81. The number of fused-ring (bicyclic) bond motifs is 1. The van der Waals surface area contributed by atoms with Gasteiger partial charge in [-0.1, -0.05) is 59.6 Å². The molecule has 0 unspecified atom stereocenters. The Morgan fingerprint density at radius 1 is 1.04 bits per heavy atom. The smallest absolute Gasteiger partial charge is 0.227 e. The molecule has 1 aromatic heterocycles. The van der Waals surface area contributed by atoms with Crippen molar-refractivity contribution in [3.8, 4) is 0 Å². The summed E-state index contributed by atoms with van der Waals surface area (Å²) < 4.78 is 0. The molecule has 0 radical (unpaired) electrons. The van der Waals surface area contributed by atoms with Crippen molar-refractivity contribution >= 4 is 28.4 Å². The number of carbonyl (C=O) groups is 1. The van der Waals surface area contributed by atoms with Crippen molar-refractivity contribution in [2.24, 2.45) is 0 Å². The molecular weight excluding hydrogens is 370 g/mol. The molecular formula is C23H24ClN3O.